The molecule has 0 saturated carbocycles. The van der Waals surface area contributed by atoms with Gasteiger partial charge in [0.2, 0.25) is 0 Å². The van der Waals surface area contributed by atoms with Gasteiger partial charge in [-0.05, 0) is 18.2 Å². The monoisotopic (exact) mass is 177 g/mol. The number of nitrogen functional groups attached to an aromatic ring is 1. The minimum absolute atomic E-state index is 0.0126. The van der Waals surface area contributed by atoms with Crippen LogP contribution in [0.25, 0.3) is 11.0 Å². The number of rotatable bonds is 0. The third kappa shape index (κ3) is 1.12. The van der Waals surface area contributed by atoms with Crippen molar-refractivity contribution in [1.82, 2.24) is 0 Å². The highest BCUT2D eigenvalue weighted by molar-refractivity contribution is 5.91. The maximum absolute atomic E-state index is 10.8. The van der Waals surface area contributed by atoms with Gasteiger partial charge in [0.1, 0.15) is 11.3 Å². The van der Waals surface area contributed by atoms with Gasteiger partial charge in [0.25, 0.3) is 0 Å². The standard InChI is InChI=1S/C9H7NO3/c10-9-5-1-4-8(12)13-7(5)3-2-6(9)11/h1-4,11H,10H2. The van der Waals surface area contributed by atoms with Gasteiger partial charge in [0.05, 0.1) is 5.69 Å². The van der Waals surface area contributed by atoms with Crippen molar-refractivity contribution in [3.05, 3.63) is 34.7 Å². The average molecular weight is 177 g/mol. The summed E-state index contributed by atoms with van der Waals surface area (Å²) in [5, 5.41) is 9.78. The van der Waals surface area contributed by atoms with E-state index in [1.54, 1.807) is 0 Å². The smallest absolute Gasteiger partial charge is 0.336 e. The zero-order valence-electron chi connectivity index (χ0n) is 6.65. The van der Waals surface area contributed by atoms with E-state index in [0.29, 0.717) is 11.0 Å². The fourth-order valence-corrected chi connectivity index (χ4v) is 1.16. The van der Waals surface area contributed by atoms with E-state index in [1.807, 2.05) is 0 Å². The summed E-state index contributed by atoms with van der Waals surface area (Å²) in [7, 11) is 0. The number of benzene rings is 1. The number of phenolic OH excluding ortho intramolecular Hbond substituents is 1. The second-order valence-corrected chi connectivity index (χ2v) is 2.66. The van der Waals surface area contributed by atoms with E-state index in [-0.39, 0.29) is 11.4 Å². The Morgan fingerprint density at radius 2 is 2.00 bits per heavy atom. The summed E-state index contributed by atoms with van der Waals surface area (Å²) < 4.78 is 4.85. The van der Waals surface area contributed by atoms with E-state index < -0.39 is 5.63 Å². The van der Waals surface area contributed by atoms with Gasteiger partial charge in [-0.15, -0.1) is 0 Å². The Morgan fingerprint density at radius 1 is 1.23 bits per heavy atom. The summed E-state index contributed by atoms with van der Waals surface area (Å²) in [6, 6.07) is 5.68. The van der Waals surface area contributed by atoms with E-state index in [2.05, 4.69) is 0 Å². The number of nitrogens with two attached hydrogens (primary N) is 1. The molecule has 0 spiro atoms. The van der Waals surface area contributed by atoms with Gasteiger partial charge < -0.3 is 15.3 Å². The van der Waals surface area contributed by atoms with Crippen LogP contribution in [0.15, 0.2) is 33.5 Å². The molecule has 66 valence electrons. The molecule has 0 aliphatic rings. The van der Waals surface area contributed by atoms with Crippen molar-refractivity contribution in [2.24, 2.45) is 0 Å². The van der Waals surface area contributed by atoms with Gasteiger partial charge in [-0.25, -0.2) is 4.79 Å². The molecule has 0 atom stereocenters. The van der Waals surface area contributed by atoms with E-state index in [9.17, 15) is 9.90 Å². The van der Waals surface area contributed by atoms with E-state index >= 15 is 0 Å². The third-order valence-corrected chi connectivity index (χ3v) is 1.82. The van der Waals surface area contributed by atoms with Crippen LogP contribution >= 0.6 is 0 Å². The fourth-order valence-electron chi connectivity index (χ4n) is 1.16. The molecular weight excluding hydrogens is 170 g/mol. The number of fused-ring (bicyclic) bond motifs is 1. The Balaban J connectivity index is 2.95. The minimum atomic E-state index is -0.433. The molecule has 1 aromatic heterocycles. The largest absolute Gasteiger partial charge is 0.506 e. The summed E-state index contributed by atoms with van der Waals surface area (Å²) in [4.78, 5) is 10.8. The second-order valence-electron chi connectivity index (χ2n) is 2.66. The molecular formula is C9H7NO3. The van der Waals surface area contributed by atoms with Crippen molar-refractivity contribution in [3.8, 4) is 5.75 Å². The molecule has 0 radical (unpaired) electrons. The van der Waals surface area contributed by atoms with Crippen molar-refractivity contribution in [1.29, 1.82) is 0 Å². The number of phenols is 1. The lowest BCUT2D eigenvalue weighted by atomic mass is 10.2. The van der Waals surface area contributed by atoms with E-state index in [0.717, 1.165) is 0 Å². The summed E-state index contributed by atoms with van der Waals surface area (Å²) in [5.41, 5.74) is 5.72. The zero-order valence-corrected chi connectivity index (χ0v) is 6.65. The van der Waals surface area contributed by atoms with Crippen molar-refractivity contribution >= 4 is 16.7 Å². The van der Waals surface area contributed by atoms with E-state index in [4.69, 9.17) is 10.2 Å². The third-order valence-electron chi connectivity index (χ3n) is 1.82. The Hall–Kier alpha value is -1.97. The Bertz CT molecular complexity index is 516. The molecule has 1 aromatic carbocycles. The zero-order chi connectivity index (χ0) is 9.42. The van der Waals surface area contributed by atoms with Gasteiger partial charge >= 0.3 is 5.63 Å². The molecule has 1 heterocycles. The van der Waals surface area contributed by atoms with Crippen LogP contribution in [-0.4, -0.2) is 5.11 Å². The first-order valence-electron chi connectivity index (χ1n) is 3.70. The van der Waals surface area contributed by atoms with Crippen LogP contribution < -0.4 is 11.4 Å². The first-order valence-corrected chi connectivity index (χ1v) is 3.70. The van der Waals surface area contributed by atoms with Gasteiger partial charge in [0.15, 0.2) is 0 Å². The summed E-state index contributed by atoms with van der Waals surface area (Å²) >= 11 is 0. The van der Waals surface area contributed by atoms with Gasteiger partial charge in [-0.3, -0.25) is 0 Å². The summed E-state index contributed by atoms with van der Waals surface area (Å²) in [5.74, 6) is -0.0126. The van der Waals surface area contributed by atoms with Crippen LogP contribution in [0.1, 0.15) is 0 Å². The van der Waals surface area contributed by atoms with E-state index in [1.165, 1.54) is 24.3 Å². The van der Waals surface area contributed by atoms with Crippen LogP contribution in [0, 0.1) is 0 Å². The predicted octanol–water partition coefficient (Wildman–Crippen LogP) is 1.08. The van der Waals surface area contributed by atoms with Crippen LogP contribution in [0.2, 0.25) is 0 Å². The lowest BCUT2D eigenvalue weighted by molar-refractivity contribution is 0.477. The number of hydrogen-bond acceptors (Lipinski definition) is 4. The topological polar surface area (TPSA) is 76.5 Å². The minimum Gasteiger partial charge on any atom is -0.506 e. The Kier molecular flexibility index (Phi) is 1.48. The van der Waals surface area contributed by atoms with Crippen LogP contribution in [0.3, 0.4) is 0 Å². The summed E-state index contributed by atoms with van der Waals surface area (Å²) in [6.45, 7) is 0. The molecule has 2 rings (SSSR count). The molecule has 0 amide bonds. The number of hydrogen-bond donors (Lipinski definition) is 2. The molecule has 0 aliphatic heterocycles. The Labute approximate surface area is 73.2 Å². The molecule has 4 nitrogen and oxygen atoms in total. The highest BCUT2D eigenvalue weighted by atomic mass is 16.4. The lowest BCUT2D eigenvalue weighted by Gasteiger charge is -2.01. The first-order chi connectivity index (χ1) is 6.18. The van der Waals surface area contributed by atoms with Crippen molar-refractivity contribution < 1.29 is 9.52 Å². The van der Waals surface area contributed by atoms with Gasteiger partial charge in [0, 0.05) is 11.5 Å². The number of anilines is 1. The molecule has 3 N–H and O–H groups in total. The second kappa shape index (κ2) is 2.52. The van der Waals surface area contributed by atoms with Crippen LogP contribution in [-0.2, 0) is 0 Å². The van der Waals surface area contributed by atoms with Crippen LogP contribution in [0.5, 0.6) is 5.75 Å². The SMILES string of the molecule is Nc1c(O)ccc2oc(=O)ccc12. The Morgan fingerprint density at radius 3 is 2.77 bits per heavy atom. The highest BCUT2D eigenvalue weighted by Crippen LogP contribution is 2.27. The van der Waals surface area contributed by atoms with Gasteiger partial charge in [-0.2, -0.15) is 0 Å². The molecule has 0 bridgehead atoms. The molecule has 0 fully saturated rings. The van der Waals surface area contributed by atoms with Crippen molar-refractivity contribution in [2.75, 3.05) is 5.73 Å². The van der Waals surface area contributed by atoms with Crippen molar-refractivity contribution in [2.45, 2.75) is 0 Å². The predicted molar refractivity (Wildman–Crippen MR) is 48.6 cm³/mol. The number of aromatic hydroxyl groups is 1. The highest BCUT2D eigenvalue weighted by Gasteiger charge is 2.04. The normalized spacial score (nSPS) is 10.5. The fraction of sp³-hybridized carbons (Fsp3) is 0. The molecule has 4 heteroatoms. The quantitative estimate of drug-likeness (QED) is 0.358. The maximum atomic E-state index is 10.8. The lowest BCUT2D eigenvalue weighted by Crippen LogP contribution is -1.96. The molecule has 2 aromatic rings. The summed E-state index contributed by atoms with van der Waals surface area (Å²) in [6.07, 6.45) is 0. The first kappa shape index (κ1) is 7.67. The molecule has 0 unspecified atom stereocenters. The maximum Gasteiger partial charge on any atom is 0.336 e. The average Bonchev–Trinajstić information content (AvgIpc) is 2.12. The molecule has 0 aliphatic carbocycles. The molecule has 13 heavy (non-hydrogen) atoms. The molecule has 0 saturated heterocycles. The van der Waals surface area contributed by atoms with Crippen molar-refractivity contribution in [3.63, 3.8) is 0 Å². The van der Waals surface area contributed by atoms with Crippen LogP contribution in [0.4, 0.5) is 5.69 Å². The van der Waals surface area contributed by atoms with Gasteiger partial charge in [-0.1, -0.05) is 0 Å².